The fraction of sp³-hybridized carbons (Fsp3) is 0.545. The van der Waals surface area contributed by atoms with E-state index in [4.69, 9.17) is 0 Å². The molecule has 1 N–H and O–H groups in total. The number of amides is 1. The minimum atomic E-state index is -0.341. The standard InChI is InChI=1S/C11H17N7O/c1-8(2)4-5-18-6-9(14-16-18)10(19)13-11-15-12-7-17(11)3/h6-8H,4-5H2,1-3H3,(H,13,15,19). The Morgan fingerprint density at radius 1 is 1.42 bits per heavy atom. The first-order valence-electron chi connectivity index (χ1n) is 6.11. The highest BCUT2D eigenvalue weighted by Crippen LogP contribution is 2.04. The van der Waals surface area contributed by atoms with E-state index >= 15 is 0 Å². The molecule has 2 aromatic heterocycles. The Hall–Kier alpha value is -2.25. The number of nitrogens with one attached hydrogen (secondary N) is 1. The van der Waals surface area contributed by atoms with Crippen LogP contribution in [0.5, 0.6) is 0 Å². The van der Waals surface area contributed by atoms with Crippen molar-refractivity contribution in [3.05, 3.63) is 18.2 Å². The summed E-state index contributed by atoms with van der Waals surface area (Å²) in [5, 5.41) is 17.8. The van der Waals surface area contributed by atoms with Crippen LogP contribution in [0.3, 0.4) is 0 Å². The van der Waals surface area contributed by atoms with Gasteiger partial charge in [-0.05, 0) is 12.3 Å². The number of carbonyl (C=O) groups excluding carboxylic acids is 1. The van der Waals surface area contributed by atoms with E-state index in [0.29, 0.717) is 11.9 Å². The quantitative estimate of drug-likeness (QED) is 0.857. The summed E-state index contributed by atoms with van der Waals surface area (Å²) in [6.07, 6.45) is 4.14. The third kappa shape index (κ3) is 3.36. The van der Waals surface area contributed by atoms with Crippen molar-refractivity contribution in [1.82, 2.24) is 29.8 Å². The van der Waals surface area contributed by atoms with Gasteiger partial charge in [-0.15, -0.1) is 15.3 Å². The van der Waals surface area contributed by atoms with Gasteiger partial charge in [0.05, 0.1) is 6.20 Å². The maximum absolute atomic E-state index is 11.9. The molecule has 2 aromatic rings. The first kappa shape index (κ1) is 13.2. The van der Waals surface area contributed by atoms with Gasteiger partial charge < -0.3 is 4.57 Å². The first-order chi connectivity index (χ1) is 9.06. The fourth-order valence-corrected chi connectivity index (χ4v) is 1.46. The monoisotopic (exact) mass is 263 g/mol. The van der Waals surface area contributed by atoms with Crippen molar-refractivity contribution < 1.29 is 4.79 Å². The van der Waals surface area contributed by atoms with Crippen molar-refractivity contribution in [3.8, 4) is 0 Å². The zero-order valence-electron chi connectivity index (χ0n) is 11.2. The summed E-state index contributed by atoms with van der Waals surface area (Å²) in [7, 11) is 1.75. The van der Waals surface area contributed by atoms with Crippen molar-refractivity contribution in [2.45, 2.75) is 26.8 Å². The summed E-state index contributed by atoms with van der Waals surface area (Å²) < 4.78 is 3.28. The van der Waals surface area contributed by atoms with Gasteiger partial charge in [-0.3, -0.25) is 14.8 Å². The molecule has 19 heavy (non-hydrogen) atoms. The lowest BCUT2D eigenvalue weighted by Crippen LogP contribution is -2.15. The molecule has 0 fully saturated rings. The number of rotatable bonds is 5. The maximum Gasteiger partial charge on any atom is 0.280 e. The Kier molecular flexibility index (Phi) is 3.88. The van der Waals surface area contributed by atoms with Gasteiger partial charge in [0.15, 0.2) is 5.69 Å². The van der Waals surface area contributed by atoms with Crippen molar-refractivity contribution in [1.29, 1.82) is 0 Å². The van der Waals surface area contributed by atoms with Crippen molar-refractivity contribution in [3.63, 3.8) is 0 Å². The van der Waals surface area contributed by atoms with Gasteiger partial charge in [-0.25, -0.2) is 0 Å². The number of hydrogen-bond acceptors (Lipinski definition) is 5. The Morgan fingerprint density at radius 2 is 2.21 bits per heavy atom. The second-order valence-electron chi connectivity index (χ2n) is 4.77. The fourth-order valence-electron chi connectivity index (χ4n) is 1.46. The molecule has 0 saturated carbocycles. The number of aryl methyl sites for hydroxylation is 2. The van der Waals surface area contributed by atoms with Crippen LogP contribution in [0.1, 0.15) is 30.8 Å². The lowest BCUT2D eigenvalue weighted by molar-refractivity contribution is 0.102. The smallest absolute Gasteiger partial charge is 0.280 e. The van der Waals surface area contributed by atoms with Crippen LogP contribution in [0.2, 0.25) is 0 Å². The van der Waals surface area contributed by atoms with Crippen LogP contribution >= 0.6 is 0 Å². The number of nitrogens with zero attached hydrogens (tertiary/aromatic N) is 6. The SMILES string of the molecule is CC(C)CCn1cc(C(=O)Nc2nncn2C)nn1. The summed E-state index contributed by atoms with van der Waals surface area (Å²) in [6, 6.07) is 0. The number of hydrogen-bond donors (Lipinski definition) is 1. The van der Waals surface area contributed by atoms with Gasteiger partial charge in [-0.2, -0.15) is 0 Å². The molecular formula is C11H17N7O. The average Bonchev–Trinajstić information content (AvgIpc) is 2.97. The summed E-state index contributed by atoms with van der Waals surface area (Å²) in [4.78, 5) is 11.9. The lowest BCUT2D eigenvalue weighted by atomic mass is 10.1. The molecular weight excluding hydrogens is 246 g/mol. The van der Waals surface area contributed by atoms with E-state index in [1.54, 1.807) is 22.5 Å². The van der Waals surface area contributed by atoms with E-state index in [1.165, 1.54) is 6.33 Å². The predicted molar refractivity (Wildman–Crippen MR) is 68.4 cm³/mol. The molecule has 1 amide bonds. The highest BCUT2D eigenvalue weighted by atomic mass is 16.2. The third-order valence-corrected chi connectivity index (χ3v) is 2.64. The van der Waals surface area contributed by atoms with Crippen LogP contribution < -0.4 is 5.32 Å². The van der Waals surface area contributed by atoms with E-state index < -0.39 is 0 Å². The Bertz CT molecular complexity index is 557. The highest BCUT2D eigenvalue weighted by Gasteiger charge is 2.13. The summed E-state index contributed by atoms with van der Waals surface area (Å²) in [6.45, 7) is 5.03. The minimum absolute atomic E-state index is 0.270. The molecule has 2 heterocycles. The third-order valence-electron chi connectivity index (χ3n) is 2.64. The Balaban J connectivity index is 1.98. The molecule has 0 aliphatic heterocycles. The van der Waals surface area contributed by atoms with Gasteiger partial charge in [0.1, 0.15) is 6.33 Å². The van der Waals surface area contributed by atoms with E-state index in [0.717, 1.165) is 13.0 Å². The van der Waals surface area contributed by atoms with Gasteiger partial charge in [-0.1, -0.05) is 19.1 Å². The van der Waals surface area contributed by atoms with Gasteiger partial charge in [0, 0.05) is 13.6 Å². The van der Waals surface area contributed by atoms with Gasteiger partial charge >= 0.3 is 0 Å². The minimum Gasteiger partial charge on any atom is -0.303 e. The zero-order chi connectivity index (χ0) is 13.8. The van der Waals surface area contributed by atoms with E-state index in [9.17, 15) is 4.79 Å². The maximum atomic E-state index is 11.9. The molecule has 8 nitrogen and oxygen atoms in total. The molecule has 0 aliphatic carbocycles. The molecule has 0 bridgehead atoms. The number of aromatic nitrogens is 6. The molecule has 0 atom stereocenters. The van der Waals surface area contributed by atoms with Crippen LogP contribution in [0.4, 0.5) is 5.95 Å². The van der Waals surface area contributed by atoms with Crippen LogP contribution in [-0.4, -0.2) is 35.7 Å². The molecule has 0 radical (unpaired) electrons. The molecule has 0 unspecified atom stereocenters. The summed E-state index contributed by atoms with van der Waals surface area (Å²) in [5.41, 5.74) is 0.270. The summed E-state index contributed by atoms with van der Waals surface area (Å²) >= 11 is 0. The van der Waals surface area contributed by atoms with Crippen LogP contribution in [-0.2, 0) is 13.6 Å². The van der Waals surface area contributed by atoms with Crippen molar-refractivity contribution >= 4 is 11.9 Å². The first-order valence-corrected chi connectivity index (χ1v) is 6.11. The number of carbonyl (C=O) groups is 1. The van der Waals surface area contributed by atoms with Crippen LogP contribution in [0, 0.1) is 5.92 Å². The average molecular weight is 263 g/mol. The topological polar surface area (TPSA) is 90.5 Å². The molecule has 0 spiro atoms. The highest BCUT2D eigenvalue weighted by molar-refractivity contribution is 6.01. The second-order valence-corrected chi connectivity index (χ2v) is 4.77. The number of anilines is 1. The molecule has 102 valence electrons. The van der Waals surface area contributed by atoms with E-state index in [1.807, 2.05) is 0 Å². The predicted octanol–water partition coefficient (Wildman–Crippen LogP) is 0.705. The largest absolute Gasteiger partial charge is 0.303 e. The molecule has 0 saturated heterocycles. The Morgan fingerprint density at radius 3 is 2.84 bits per heavy atom. The molecule has 8 heteroatoms. The van der Waals surface area contributed by atoms with Gasteiger partial charge in [0.2, 0.25) is 5.95 Å². The molecule has 0 aliphatic rings. The van der Waals surface area contributed by atoms with E-state index in [2.05, 4.69) is 39.7 Å². The van der Waals surface area contributed by atoms with Gasteiger partial charge in [0.25, 0.3) is 5.91 Å². The van der Waals surface area contributed by atoms with Crippen molar-refractivity contribution in [2.24, 2.45) is 13.0 Å². The van der Waals surface area contributed by atoms with Crippen molar-refractivity contribution in [2.75, 3.05) is 5.32 Å². The lowest BCUT2D eigenvalue weighted by Gasteiger charge is -2.02. The van der Waals surface area contributed by atoms with Crippen LogP contribution in [0.25, 0.3) is 0 Å². The second kappa shape index (κ2) is 5.59. The van der Waals surface area contributed by atoms with Crippen LogP contribution in [0.15, 0.2) is 12.5 Å². The van der Waals surface area contributed by atoms with E-state index in [-0.39, 0.29) is 11.6 Å². The Labute approximate surface area is 110 Å². The summed E-state index contributed by atoms with van der Waals surface area (Å²) in [5.74, 6) is 0.619. The molecule has 0 aromatic carbocycles. The zero-order valence-corrected chi connectivity index (χ0v) is 11.2. The molecule has 2 rings (SSSR count). The normalized spacial score (nSPS) is 10.9.